The summed E-state index contributed by atoms with van der Waals surface area (Å²) in [6, 6.07) is 0. The third-order valence-corrected chi connectivity index (χ3v) is 2.62. The van der Waals surface area contributed by atoms with Gasteiger partial charge in [-0.1, -0.05) is 6.92 Å². The SMILES string of the molecule is CCN(CC(F)(F)F)C(=O)CCC(C)CCN. The van der Waals surface area contributed by atoms with Crippen LogP contribution in [-0.4, -0.2) is 36.6 Å². The van der Waals surface area contributed by atoms with E-state index < -0.39 is 18.6 Å². The molecule has 3 nitrogen and oxygen atoms in total. The number of nitrogens with two attached hydrogens (primary N) is 1. The maximum atomic E-state index is 12.2. The van der Waals surface area contributed by atoms with Crippen molar-refractivity contribution in [3.05, 3.63) is 0 Å². The van der Waals surface area contributed by atoms with Crippen LogP contribution in [0.25, 0.3) is 0 Å². The van der Waals surface area contributed by atoms with Crippen molar-refractivity contribution in [1.29, 1.82) is 0 Å². The topological polar surface area (TPSA) is 46.3 Å². The van der Waals surface area contributed by atoms with E-state index >= 15 is 0 Å². The number of nitrogens with zero attached hydrogens (tertiary/aromatic N) is 1. The summed E-state index contributed by atoms with van der Waals surface area (Å²) in [5.41, 5.74) is 5.36. The van der Waals surface area contributed by atoms with Gasteiger partial charge in [0.25, 0.3) is 0 Å². The van der Waals surface area contributed by atoms with Gasteiger partial charge in [-0.2, -0.15) is 13.2 Å². The van der Waals surface area contributed by atoms with Gasteiger partial charge in [0, 0.05) is 13.0 Å². The van der Waals surface area contributed by atoms with Crippen molar-refractivity contribution in [2.24, 2.45) is 11.7 Å². The number of hydrogen-bond acceptors (Lipinski definition) is 2. The zero-order valence-corrected chi connectivity index (χ0v) is 10.4. The number of alkyl halides is 3. The number of hydrogen-bond donors (Lipinski definition) is 1. The summed E-state index contributed by atoms with van der Waals surface area (Å²) in [5.74, 6) is -0.165. The molecule has 1 atom stereocenters. The highest BCUT2D eigenvalue weighted by Gasteiger charge is 2.32. The molecule has 0 saturated heterocycles. The van der Waals surface area contributed by atoms with Gasteiger partial charge in [0.2, 0.25) is 5.91 Å². The van der Waals surface area contributed by atoms with Crippen LogP contribution in [0.3, 0.4) is 0 Å². The van der Waals surface area contributed by atoms with E-state index in [0.717, 1.165) is 11.3 Å². The lowest BCUT2D eigenvalue weighted by Gasteiger charge is -2.23. The van der Waals surface area contributed by atoms with Crippen LogP contribution in [0.15, 0.2) is 0 Å². The van der Waals surface area contributed by atoms with Gasteiger partial charge in [-0.3, -0.25) is 4.79 Å². The molecule has 6 heteroatoms. The Balaban J connectivity index is 4.09. The van der Waals surface area contributed by atoms with Crippen molar-refractivity contribution in [3.63, 3.8) is 0 Å². The minimum absolute atomic E-state index is 0.0869. The van der Waals surface area contributed by atoms with Crippen molar-refractivity contribution >= 4 is 5.91 Å². The first-order valence-electron chi connectivity index (χ1n) is 5.84. The standard InChI is InChI=1S/C11H21F3N2O/c1-3-16(8-11(12,13)14)10(17)5-4-9(2)6-7-15/h9H,3-8,15H2,1-2H3. The largest absolute Gasteiger partial charge is 0.406 e. The lowest BCUT2D eigenvalue weighted by molar-refractivity contribution is -0.160. The average Bonchev–Trinajstić information content (AvgIpc) is 2.21. The van der Waals surface area contributed by atoms with E-state index in [1.54, 1.807) is 6.92 Å². The van der Waals surface area contributed by atoms with Gasteiger partial charge >= 0.3 is 6.18 Å². The molecule has 0 aromatic heterocycles. The van der Waals surface area contributed by atoms with E-state index in [2.05, 4.69) is 0 Å². The summed E-state index contributed by atoms with van der Waals surface area (Å²) < 4.78 is 36.5. The first kappa shape index (κ1) is 16.2. The zero-order valence-electron chi connectivity index (χ0n) is 10.4. The lowest BCUT2D eigenvalue weighted by Crippen LogP contribution is -2.38. The minimum atomic E-state index is -4.32. The molecule has 0 aromatic rings. The zero-order chi connectivity index (χ0) is 13.5. The van der Waals surface area contributed by atoms with Crippen LogP contribution in [0.1, 0.15) is 33.1 Å². The molecule has 102 valence electrons. The van der Waals surface area contributed by atoms with Gasteiger partial charge in [0.1, 0.15) is 6.54 Å². The second-order valence-corrected chi connectivity index (χ2v) is 4.24. The van der Waals surface area contributed by atoms with E-state index in [-0.39, 0.29) is 18.9 Å². The molecule has 0 aliphatic rings. The van der Waals surface area contributed by atoms with Gasteiger partial charge in [0.15, 0.2) is 0 Å². The quantitative estimate of drug-likeness (QED) is 0.756. The number of rotatable bonds is 7. The van der Waals surface area contributed by atoms with Crippen molar-refractivity contribution in [2.75, 3.05) is 19.6 Å². The van der Waals surface area contributed by atoms with Crippen molar-refractivity contribution < 1.29 is 18.0 Å². The molecular weight excluding hydrogens is 233 g/mol. The van der Waals surface area contributed by atoms with Gasteiger partial charge in [-0.15, -0.1) is 0 Å². The molecule has 0 saturated carbocycles. The summed E-state index contributed by atoms with van der Waals surface area (Å²) in [4.78, 5) is 12.4. The molecule has 0 bridgehead atoms. The molecule has 0 aliphatic carbocycles. The van der Waals surface area contributed by atoms with E-state index in [1.807, 2.05) is 6.92 Å². The van der Waals surface area contributed by atoms with Gasteiger partial charge in [-0.05, 0) is 32.2 Å². The molecule has 0 radical (unpaired) electrons. The molecule has 0 spiro atoms. The predicted octanol–water partition coefficient (Wildman–Crippen LogP) is 2.16. The molecule has 0 rings (SSSR count). The Morgan fingerprint density at radius 3 is 2.35 bits per heavy atom. The molecular formula is C11H21F3N2O. The Morgan fingerprint density at radius 1 is 1.35 bits per heavy atom. The molecule has 17 heavy (non-hydrogen) atoms. The second kappa shape index (κ2) is 7.53. The summed E-state index contributed by atoms with van der Waals surface area (Å²) in [5, 5.41) is 0. The predicted molar refractivity (Wildman–Crippen MR) is 60.4 cm³/mol. The second-order valence-electron chi connectivity index (χ2n) is 4.24. The van der Waals surface area contributed by atoms with Gasteiger partial charge < -0.3 is 10.6 Å². The average molecular weight is 254 g/mol. The molecule has 0 fully saturated rings. The third kappa shape index (κ3) is 8.01. The van der Waals surface area contributed by atoms with Gasteiger partial charge in [0.05, 0.1) is 0 Å². The summed E-state index contributed by atoms with van der Waals surface area (Å²) in [7, 11) is 0. The number of halogens is 3. The van der Waals surface area contributed by atoms with E-state index in [4.69, 9.17) is 5.73 Å². The monoisotopic (exact) mass is 254 g/mol. The number of amides is 1. The van der Waals surface area contributed by atoms with E-state index in [0.29, 0.717) is 13.0 Å². The highest BCUT2D eigenvalue weighted by Crippen LogP contribution is 2.18. The van der Waals surface area contributed by atoms with Crippen LogP contribution in [0.5, 0.6) is 0 Å². The Hall–Kier alpha value is -0.780. The van der Waals surface area contributed by atoms with Crippen LogP contribution >= 0.6 is 0 Å². The fourth-order valence-electron chi connectivity index (χ4n) is 1.55. The van der Waals surface area contributed by atoms with Crippen LogP contribution in [0, 0.1) is 5.92 Å². The van der Waals surface area contributed by atoms with Crippen molar-refractivity contribution in [2.45, 2.75) is 39.3 Å². The summed E-state index contributed by atoms with van der Waals surface area (Å²) in [6.07, 6.45) is -2.79. The van der Waals surface area contributed by atoms with Crippen LogP contribution in [0.4, 0.5) is 13.2 Å². The summed E-state index contributed by atoms with van der Waals surface area (Å²) >= 11 is 0. The fourth-order valence-corrected chi connectivity index (χ4v) is 1.55. The molecule has 0 aliphatic heterocycles. The Kier molecular flexibility index (Phi) is 7.18. The Bertz CT molecular complexity index is 231. The highest BCUT2D eigenvalue weighted by molar-refractivity contribution is 5.76. The minimum Gasteiger partial charge on any atom is -0.334 e. The normalized spacial score (nSPS) is 13.5. The molecule has 0 aromatic carbocycles. The highest BCUT2D eigenvalue weighted by atomic mass is 19.4. The first-order valence-corrected chi connectivity index (χ1v) is 5.84. The number of carbonyl (C=O) groups excluding carboxylic acids is 1. The Labute approximate surface area is 100 Å². The first-order chi connectivity index (χ1) is 7.80. The maximum absolute atomic E-state index is 12.2. The van der Waals surface area contributed by atoms with Crippen LogP contribution in [-0.2, 0) is 4.79 Å². The molecule has 1 unspecified atom stereocenters. The smallest absolute Gasteiger partial charge is 0.334 e. The van der Waals surface area contributed by atoms with E-state index in [9.17, 15) is 18.0 Å². The van der Waals surface area contributed by atoms with Gasteiger partial charge in [-0.25, -0.2) is 0 Å². The summed E-state index contributed by atoms with van der Waals surface area (Å²) in [6.45, 7) is 2.96. The third-order valence-electron chi connectivity index (χ3n) is 2.62. The van der Waals surface area contributed by atoms with Crippen molar-refractivity contribution in [1.82, 2.24) is 4.90 Å². The number of carbonyl (C=O) groups is 1. The maximum Gasteiger partial charge on any atom is 0.406 e. The van der Waals surface area contributed by atoms with E-state index in [1.165, 1.54) is 0 Å². The van der Waals surface area contributed by atoms with Crippen LogP contribution in [0.2, 0.25) is 0 Å². The molecule has 2 N–H and O–H groups in total. The Morgan fingerprint density at radius 2 is 1.94 bits per heavy atom. The van der Waals surface area contributed by atoms with Crippen LogP contribution < -0.4 is 5.73 Å². The van der Waals surface area contributed by atoms with Crippen molar-refractivity contribution in [3.8, 4) is 0 Å². The fraction of sp³-hybridized carbons (Fsp3) is 0.909. The molecule has 0 heterocycles. The lowest BCUT2D eigenvalue weighted by atomic mass is 10.0. The molecule has 1 amide bonds.